The number of nitriles is 1. The molecule has 1 aliphatic heterocycles. The van der Waals surface area contributed by atoms with E-state index >= 15 is 0 Å². The zero-order valence-electron chi connectivity index (χ0n) is 6.93. The zero-order chi connectivity index (χ0) is 9.10. The van der Waals surface area contributed by atoms with Crippen LogP contribution in [0.4, 0.5) is 0 Å². The lowest BCUT2D eigenvalue weighted by Crippen LogP contribution is -2.17. The van der Waals surface area contributed by atoms with Crippen LogP contribution in [0.1, 0.15) is 18.6 Å². The van der Waals surface area contributed by atoms with Gasteiger partial charge in [-0.1, -0.05) is 5.16 Å². The summed E-state index contributed by atoms with van der Waals surface area (Å²) in [4.78, 5) is 4.93. The minimum absolute atomic E-state index is 0.404. The van der Waals surface area contributed by atoms with Gasteiger partial charge in [0, 0.05) is 12.8 Å². The number of oxime groups is 1. The normalized spacial score (nSPS) is 21.5. The highest BCUT2D eigenvalue weighted by Crippen LogP contribution is 2.15. The third-order valence-corrected chi connectivity index (χ3v) is 1.88. The van der Waals surface area contributed by atoms with E-state index in [2.05, 4.69) is 5.16 Å². The molecular weight excluding hydrogens is 168 g/mol. The Hall–Kier alpha value is -1.76. The van der Waals surface area contributed by atoms with E-state index in [9.17, 15) is 0 Å². The third-order valence-electron chi connectivity index (χ3n) is 1.88. The fourth-order valence-electron chi connectivity index (χ4n) is 1.19. The van der Waals surface area contributed by atoms with E-state index < -0.39 is 6.10 Å². The lowest BCUT2D eigenvalue weighted by Gasteiger charge is -2.13. The Morgan fingerprint density at radius 3 is 3.08 bits per heavy atom. The maximum Gasteiger partial charge on any atom is 0.213 e. The van der Waals surface area contributed by atoms with Gasteiger partial charge in [-0.25, -0.2) is 0 Å². The Morgan fingerprint density at radius 1 is 1.62 bits per heavy atom. The van der Waals surface area contributed by atoms with Gasteiger partial charge in [-0.05, 0) is 12.1 Å². The molecule has 0 amide bonds. The minimum Gasteiger partial charge on any atom is -0.463 e. The second kappa shape index (κ2) is 3.31. The molecule has 4 nitrogen and oxygen atoms in total. The largest absolute Gasteiger partial charge is 0.463 e. The molecule has 0 saturated heterocycles. The fraction of sp³-hybridized carbons (Fsp3) is 0.333. The van der Waals surface area contributed by atoms with Crippen molar-refractivity contribution >= 4 is 5.71 Å². The van der Waals surface area contributed by atoms with Gasteiger partial charge in [0.2, 0.25) is 6.10 Å². The Morgan fingerprint density at radius 2 is 2.54 bits per heavy atom. The molecule has 2 heterocycles. The smallest absolute Gasteiger partial charge is 0.213 e. The number of hydrogen-bond donors (Lipinski definition) is 0. The minimum atomic E-state index is -0.404. The molecule has 4 heteroatoms. The van der Waals surface area contributed by atoms with Crippen molar-refractivity contribution in [2.75, 3.05) is 0 Å². The molecular formula is C9H8N2O2. The first kappa shape index (κ1) is 7.87. The van der Waals surface area contributed by atoms with E-state index in [0.717, 1.165) is 17.9 Å². The molecule has 0 aromatic carbocycles. The van der Waals surface area contributed by atoms with Crippen molar-refractivity contribution in [3.63, 3.8) is 0 Å². The second-order valence-electron chi connectivity index (χ2n) is 2.78. The SMILES string of the molecule is N#CC1CCC(c2ccco2)=NO1. The van der Waals surface area contributed by atoms with Gasteiger partial charge in [-0.2, -0.15) is 5.26 Å². The van der Waals surface area contributed by atoms with Crippen LogP contribution in [0.3, 0.4) is 0 Å². The summed E-state index contributed by atoms with van der Waals surface area (Å²) in [6.45, 7) is 0. The first-order valence-electron chi connectivity index (χ1n) is 4.06. The lowest BCUT2D eigenvalue weighted by atomic mass is 10.1. The molecule has 2 rings (SSSR count). The van der Waals surface area contributed by atoms with Gasteiger partial charge in [-0.3, -0.25) is 0 Å². The zero-order valence-corrected chi connectivity index (χ0v) is 6.93. The van der Waals surface area contributed by atoms with Crippen molar-refractivity contribution in [1.29, 1.82) is 5.26 Å². The third kappa shape index (κ3) is 1.54. The number of hydrogen-bond acceptors (Lipinski definition) is 4. The number of nitrogens with zero attached hydrogens (tertiary/aromatic N) is 2. The Balaban J connectivity index is 2.13. The molecule has 0 radical (unpaired) electrons. The highest BCUT2D eigenvalue weighted by Gasteiger charge is 2.18. The molecule has 1 unspecified atom stereocenters. The molecule has 1 atom stereocenters. The van der Waals surface area contributed by atoms with Crippen molar-refractivity contribution in [2.45, 2.75) is 18.9 Å². The van der Waals surface area contributed by atoms with Crippen molar-refractivity contribution in [1.82, 2.24) is 0 Å². The summed E-state index contributed by atoms with van der Waals surface area (Å²) in [6, 6.07) is 5.64. The summed E-state index contributed by atoms with van der Waals surface area (Å²) in [7, 11) is 0. The average molecular weight is 176 g/mol. The molecule has 0 saturated carbocycles. The van der Waals surface area contributed by atoms with Crippen LogP contribution < -0.4 is 0 Å². The van der Waals surface area contributed by atoms with Gasteiger partial charge in [0.15, 0.2) is 5.76 Å². The summed E-state index contributed by atoms with van der Waals surface area (Å²) < 4.78 is 5.15. The molecule has 0 aliphatic carbocycles. The first-order chi connectivity index (χ1) is 6.40. The van der Waals surface area contributed by atoms with E-state index in [-0.39, 0.29) is 0 Å². The Labute approximate surface area is 75.4 Å². The maximum atomic E-state index is 8.54. The van der Waals surface area contributed by atoms with E-state index in [1.807, 2.05) is 12.1 Å². The van der Waals surface area contributed by atoms with Crippen LogP contribution in [0, 0.1) is 11.3 Å². The topological polar surface area (TPSA) is 58.5 Å². The van der Waals surface area contributed by atoms with Gasteiger partial charge in [0.1, 0.15) is 11.8 Å². The predicted molar refractivity (Wildman–Crippen MR) is 45.0 cm³/mol. The number of furan rings is 1. The molecule has 0 N–H and O–H groups in total. The van der Waals surface area contributed by atoms with Gasteiger partial charge in [0.25, 0.3) is 0 Å². The van der Waals surface area contributed by atoms with E-state index in [1.165, 1.54) is 0 Å². The molecule has 66 valence electrons. The fourth-order valence-corrected chi connectivity index (χ4v) is 1.19. The summed E-state index contributed by atoms with van der Waals surface area (Å²) in [6.07, 6.45) is 2.59. The van der Waals surface area contributed by atoms with E-state index in [4.69, 9.17) is 14.5 Å². The molecule has 1 aromatic heterocycles. The molecule has 0 fully saturated rings. The van der Waals surface area contributed by atoms with Crippen LogP contribution in [-0.2, 0) is 4.84 Å². The van der Waals surface area contributed by atoms with Gasteiger partial charge in [0.05, 0.1) is 6.26 Å². The molecule has 1 aromatic rings. The highest BCUT2D eigenvalue weighted by atomic mass is 16.6. The monoisotopic (exact) mass is 176 g/mol. The van der Waals surface area contributed by atoms with Crippen LogP contribution in [0.2, 0.25) is 0 Å². The summed E-state index contributed by atoms with van der Waals surface area (Å²) >= 11 is 0. The van der Waals surface area contributed by atoms with Crippen molar-refractivity contribution in [3.05, 3.63) is 24.2 Å². The quantitative estimate of drug-likeness (QED) is 0.654. The number of rotatable bonds is 1. The predicted octanol–water partition coefficient (Wildman–Crippen LogP) is 1.69. The summed E-state index contributed by atoms with van der Waals surface area (Å²) in [5.41, 5.74) is 0.775. The first-order valence-corrected chi connectivity index (χ1v) is 4.06. The van der Waals surface area contributed by atoms with E-state index in [0.29, 0.717) is 6.42 Å². The van der Waals surface area contributed by atoms with Crippen molar-refractivity contribution in [2.24, 2.45) is 5.16 Å². The molecule has 0 bridgehead atoms. The van der Waals surface area contributed by atoms with E-state index in [1.54, 1.807) is 12.3 Å². The maximum absolute atomic E-state index is 8.54. The highest BCUT2D eigenvalue weighted by molar-refractivity contribution is 5.98. The summed E-state index contributed by atoms with van der Waals surface area (Å²) in [5, 5.41) is 12.4. The van der Waals surface area contributed by atoms with Crippen molar-refractivity contribution < 1.29 is 9.25 Å². The van der Waals surface area contributed by atoms with Crippen molar-refractivity contribution in [3.8, 4) is 6.07 Å². The van der Waals surface area contributed by atoms with Gasteiger partial charge >= 0.3 is 0 Å². The lowest BCUT2D eigenvalue weighted by molar-refractivity contribution is 0.0816. The standard InChI is InChI=1S/C9H8N2O2/c10-6-7-3-4-8(11-13-7)9-2-1-5-12-9/h1-2,5,7H,3-4H2. The molecule has 0 spiro atoms. The summed E-state index contributed by atoms with van der Waals surface area (Å²) in [5.74, 6) is 0.719. The van der Waals surface area contributed by atoms with Crippen LogP contribution >= 0.6 is 0 Å². The second-order valence-corrected chi connectivity index (χ2v) is 2.78. The molecule has 13 heavy (non-hydrogen) atoms. The van der Waals surface area contributed by atoms with Gasteiger partial charge in [-0.15, -0.1) is 0 Å². The Bertz CT molecular complexity index is 348. The van der Waals surface area contributed by atoms with Crippen LogP contribution in [-0.4, -0.2) is 11.8 Å². The van der Waals surface area contributed by atoms with Gasteiger partial charge < -0.3 is 9.25 Å². The van der Waals surface area contributed by atoms with Crippen LogP contribution in [0.5, 0.6) is 0 Å². The average Bonchev–Trinajstić information content (AvgIpc) is 2.71. The Kier molecular flexibility index (Phi) is 2.01. The van der Waals surface area contributed by atoms with Crippen LogP contribution in [0.25, 0.3) is 0 Å². The molecule has 1 aliphatic rings. The van der Waals surface area contributed by atoms with Crippen LogP contribution in [0.15, 0.2) is 28.0 Å².